The summed E-state index contributed by atoms with van der Waals surface area (Å²) in [7, 11) is 0. The number of primary amides is 1. The molecule has 0 fully saturated rings. The molecule has 9 N–H and O–H groups in total. The molecule has 0 aliphatic heterocycles. The van der Waals surface area contributed by atoms with Gasteiger partial charge in [-0.25, -0.2) is 4.79 Å². The number of hydrogen-bond donors (Lipinski definition) is 8. The van der Waals surface area contributed by atoms with Crippen molar-refractivity contribution in [2.24, 2.45) is 5.73 Å². The zero-order valence-corrected chi connectivity index (χ0v) is 17.0. The average Bonchev–Trinajstić information content (AvgIpc) is 3.14. The largest absolute Gasteiger partial charge is 0.508 e. The van der Waals surface area contributed by atoms with Gasteiger partial charge < -0.3 is 50.8 Å². The first-order valence-electron chi connectivity index (χ1n) is 9.60. The van der Waals surface area contributed by atoms with Crippen LogP contribution in [-0.4, -0.2) is 74.0 Å². The Morgan fingerprint density at radius 3 is 2.30 bits per heavy atom. The number of benzene rings is 2. The van der Waals surface area contributed by atoms with Crippen LogP contribution in [0.25, 0.3) is 11.0 Å². The van der Waals surface area contributed by atoms with E-state index in [1.54, 1.807) is 0 Å². The van der Waals surface area contributed by atoms with E-state index in [2.05, 4.69) is 5.32 Å². The molecule has 0 aliphatic rings. The number of ether oxygens (including phenoxy) is 1. The van der Waals surface area contributed by atoms with Crippen LogP contribution in [0.3, 0.4) is 0 Å². The van der Waals surface area contributed by atoms with Gasteiger partial charge in [-0.05, 0) is 30.3 Å². The Hall–Kier alpha value is -3.84. The van der Waals surface area contributed by atoms with E-state index in [9.17, 15) is 30.0 Å². The highest BCUT2D eigenvalue weighted by atomic mass is 16.5. The summed E-state index contributed by atoms with van der Waals surface area (Å²) in [6.07, 6.45) is -4.42. The van der Waals surface area contributed by atoms with E-state index >= 15 is 0 Å². The van der Waals surface area contributed by atoms with E-state index < -0.39 is 54.8 Å². The quantitative estimate of drug-likeness (QED) is 0.157. The van der Waals surface area contributed by atoms with Crippen molar-refractivity contribution in [3.63, 3.8) is 0 Å². The highest BCUT2D eigenvalue weighted by Crippen LogP contribution is 2.36. The molecule has 1 heterocycles. The molecule has 2 unspecified atom stereocenters. The number of hydrogen-bond acceptors (Lipinski definition) is 10. The van der Waals surface area contributed by atoms with Gasteiger partial charge in [0.25, 0.3) is 0 Å². The molecule has 0 bridgehead atoms. The van der Waals surface area contributed by atoms with Gasteiger partial charge in [-0.15, -0.1) is 0 Å². The molecule has 0 saturated carbocycles. The number of aliphatic hydroxyl groups excluding tert-OH is 4. The number of urea groups is 1. The van der Waals surface area contributed by atoms with Gasteiger partial charge in [0.15, 0.2) is 11.9 Å². The van der Waals surface area contributed by atoms with Gasteiger partial charge in [-0.1, -0.05) is 0 Å². The van der Waals surface area contributed by atoms with Crippen LogP contribution in [0.5, 0.6) is 17.2 Å². The van der Waals surface area contributed by atoms with Crippen molar-refractivity contribution < 1.29 is 49.4 Å². The molecule has 3 rings (SSSR count). The molecule has 2 amide bonds. The molecule has 33 heavy (non-hydrogen) atoms. The minimum absolute atomic E-state index is 0.0231. The molecule has 0 aliphatic carbocycles. The molecular weight excluding hydrogens is 440 g/mol. The van der Waals surface area contributed by atoms with Crippen LogP contribution in [0.4, 0.5) is 10.5 Å². The van der Waals surface area contributed by atoms with Crippen LogP contribution in [0.1, 0.15) is 16.1 Å². The first-order chi connectivity index (χ1) is 15.7. The average molecular weight is 462 g/mol. The Morgan fingerprint density at radius 2 is 1.70 bits per heavy atom. The molecule has 0 saturated heterocycles. The third-order valence-electron chi connectivity index (χ3n) is 4.75. The van der Waals surface area contributed by atoms with Crippen LogP contribution in [0, 0.1) is 0 Å². The maximum absolute atomic E-state index is 13.0. The fraction of sp³-hybridized carbons (Fsp3) is 0.238. The molecule has 0 radical (unpaired) electrons. The van der Waals surface area contributed by atoms with Crippen molar-refractivity contribution in [2.45, 2.75) is 18.3 Å². The van der Waals surface area contributed by atoms with E-state index in [1.807, 2.05) is 0 Å². The van der Waals surface area contributed by atoms with Gasteiger partial charge in [-0.2, -0.15) is 0 Å². The minimum Gasteiger partial charge on any atom is -0.508 e. The topological polar surface area (TPSA) is 216 Å². The van der Waals surface area contributed by atoms with E-state index in [0.717, 1.165) is 12.1 Å². The van der Waals surface area contributed by atoms with E-state index in [-0.39, 0.29) is 33.7 Å². The number of nitrogens with one attached hydrogen (secondary N) is 1. The molecule has 1 aromatic heterocycles. The van der Waals surface area contributed by atoms with E-state index in [1.165, 1.54) is 24.3 Å². The molecule has 2 atom stereocenters. The molecular formula is C21H22N2O10. The van der Waals surface area contributed by atoms with Crippen molar-refractivity contribution in [2.75, 3.05) is 18.5 Å². The van der Waals surface area contributed by atoms with E-state index in [4.69, 9.17) is 25.1 Å². The summed E-state index contributed by atoms with van der Waals surface area (Å²) in [6.45, 7) is -1.49. The molecule has 12 heteroatoms. The maximum atomic E-state index is 13.0. The number of aliphatic hydroxyl groups is 4. The standard InChI is InChI=1S/C21H22N2O10/c22-21(31)23-17-11-3-2-10(32-19(14(28)7-24)15(29)8-25)6-16(11)33-20(17)18(30)12-5-9(26)1-4-13(12)27/h1-6,14-15,19,24-29H,7-8H2,(H3,22,23,31). The first kappa shape index (κ1) is 23.8. The Balaban J connectivity index is 2.07. The number of fused-ring (bicyclic) bond motifs is 1. The van der Waals surface area contributed by atoms with Crippen LogP contribution < -0.4 is 15.8 Å². The number of amides is 2. The van der Waals surface area contributed by atoms with E-state index in [0.29, 0.717) is 0 Å². The summed E-state index contributed by atoms with van der Waals surface area (Å²) in [5.41, 5.74) is 4.84. The highest BCUT2D eigenvalue weighted by molar-refractivity contribution is 6.18. The second-order valence-electron chi connectivity index (χ2n) is 7.07. The van der Waals surface area contributed by atoms with Crippen molar-refractivity contribution in [1.29, 1.82) is 0 Å². The first-order valence-corrected chi connectivity index (χ1v) is 9.60. The zero-order chi connectivity index (χ0) is 24.3. The molecule has 3 aromatic rings. The Kier molecular flexibility index (Phi) is 7.04. The van der Waals surface area contributed by atoms with Crippen LogP contribution in [0.2, 0.25) is 0 Å². The summed E-state index contributed by atoms with van der Waals surface area (Å²) in [5.74, 6) is -1.96. The summed E-state index contributed by atoms with van der Waals surface area (Å²) in [4.78, 5) is 24.5. The second kappa shape index (κ2) is 9.75. The third kappa shape index (κ3) is 4.99. The number of furan rings is 1. The van der Waals surface area contributed by atoms with Crippen LogP contribution in [-0.2, 0) is 0 Å². The highest BCUT2D eigenvalue weighted by Gasteiger charge is 2.29. The fourth-order valence-corrected chi connectivity index (χ4v) is 3.16. The fourth-order valence-electron chi connectivity index (χ4n) is 3.16. The third-order valence-corrected chi connectivity index (χ3v) is 4.75. The lowest BCUT2D eigenvalue weighted by Crippen LogP contribution is -2.45. The molecule has 2 aromatic carbocycles. The number of carbonyl (C=O) groups is 2. The summed E-state index contributed by atoms with van der Waals surface area (Å²) in [5, 5.41) is 60.3. The van der Waals surface area contributed by atoms with Crippen molar-refractivity contribution >= 4 is 28.5 Å². The number of ketones is 1. The number of anilines is 1. The zero-order valence-electron chi connectivity index (χ0n) is 17.0. The summed E-state index contributed by atoms with van der Waals surface area (Å²) >= 11 is 0. The molecule has 0 spiro atoms. The monoisotopic (exact) mass is 462 g/mol. The molecule has 176 valence electrons. The summed E-state index contributed by atoms with van der Waals surface area (Å²) < 4.78 is 11.1. The summed E-state index contributed by atoms with van der Waals surface area (Å²) in [6, 6.07) is 6.35. The van der Waals surface area contributed by atoms with Crippen molar-refractivity contribution in [3.05, 3.63) is 47.7 Å². The Bertz CT molecular complexity index is 1170. The SMILES string of the molecule is NC(=O)Nc1c(C(=O)c2cc(O)ccc2O)oc2cc(OC(C(O)CO)C(O)CO)ccc12. The van der Waals surface area contributed by atoms with Gasteiger partial charge in [0.1, 0.15) is 40.7 Å². The number of aromatic hydroxyl groups is 2. The second-order valence-corrected chi connectivity index (χ2v) is 7.07. The number of phenols is 2. The van der Waals surface area contributed by atoms with Gasteiger partial charge >= 0.3 is 6.03 Å². The Labute approximate surface area is 186 Å². The Morgan fingerprint density at radius 1 is 1.03 bits per heavy atom. The van der Waals surface area contributed by atoms with Gasteiger partial charge in [-0.3, -0.25) is 4.79 Å². The minimum atomic E-state index is -1.52. The van der Waals surface area contributed by atoms with Crippen LogP contribution >= 0.6 is 0 Å². The van der Waals surface area contributed by atoms with Crippen LogP contribution in [0.15, 0.2) is 40.8 Å². The number of rotatable bonds is 9. The lowest BCUT2D eigenvalue weighted by atomic mass is 10.1. The lowest BCUT2D eigenvalue weighted by Gasteiger charge is -2.26. The maximum Gasteiger partial charge on any atom is 0.316 e. The number of phenolic OH excluding ortho intramolecular Hbond substituents is 2. The number of nitrogens with two attached hydrogens (primary N) is 1. The van der Waals surface area contributed by atoms with Crippen molar-refractivity contribution in [3.8, 4) is 17.2 Å². The van der Waals surface area contributed by atoms with Gasteiger partial charge in [0.2, 0.25) is 5.78 Å². The van der Waals surface area contributed by atoms with Gasteiger partial charge in [0.05, 0.1) is 18.8 Å². The molecule has 12 nitrogen and oxygen atoms in total. The lowest BCUT2D eigenvalue weighted by molar-refractivity contribution is -0.0775. The van der Waals surface area contributed by atoms with Gasteiger partial charge in [0, 0.05) is 11.5 Å². The smallest absolute Gasteiger partial charge is 0.316 e. The predicted octanol–water partition coefficient (Wildman–Crippen LogP) is 0.0194. The predicted molar refractivity (Wildman–Crippen MR) is 113 cm³/mol. The normalized spacial score (nSPS) is 13.9. The van der Waals surface area contributed by atoms with Crippen molar-refractivity contribution in [1.82, 2.24) is 0 Å². The number of carbonyl (C=O) groups excluding carboxylic acids is 2.